The van der Waals surface area contributed by atoms with Crippen LogP contribution in [0.25, 0.3) is 0 Å². The van der Waals surface area contributed by atoms with E-state index in [1.54, 1.807) is 7.11 Å². The van der Waals surface area contributed by atoms with Gasteiger partial charge in [0.2, 0.25) is 0 Å². The molecule has 1 unspecified atom stereocenters. The van der Waals surface area contributed by atoms with Crippen molar-refractivity contribution >= 4 is 15.9 Å². The Morgan fingerprint density at radius 2 is 2.31 bits per heavy atom. The van der Waals surface area contributed by atoms with Gasteiger partial charge in [-0.3, -0.25) is 0 Å². The smallest absolute Gasteiger partial charge is 0.124 e. The first-order valence-corrected chi connectivity index (χ1v) is 6.25. The van der Waals surface area contributed by atoms with E-state index in [1.807, 2.05) is 18.2 Å². The van der Waals surface area contributed by atoms with E-state index in [4.69, 9.17) is 4.74 Å². The lowest BCUT2D eigenvalue weighted by molar-refractivity contribution is 0.170. The van der Waals surface area contributed by atoms with Crippen LogP contribution in [0, 0.1) is 0 Å². The number of hydrogen-bond donors (Lipinski definition) is 2. The highest BCUT2D eigenvalue weighted by atomic mass is 79.9. The van der Waals surface area contributed by atoms with Crippen molar-refractivity contribution in [1.82, 2.24) is 5.32 Å². The summed E-state index contributed by atoms with van der Waals surface area (Å²) in [5.41, 5.74) is 0.824. The second-order valence-corrected chi connectivity index (χ2v) is 5.00. The molecular weight excluding hydrogens is 270 g/mol. The minimum absolute atomic E-state index is 0.520. The molecule has 1 aliphatic carbocycles. The molecule has 1 atom stereocenters. The molecule has 16 heavy (non-hydrogen) atoms. The largest absolute Gasteiger partial charge is 0.496 e. The summed E-state index contributed by atoms with van der Waals surface area (Å²) in [5, 5.41) is 13.4. The lowest BCUT2D eigenvalue weighted by atomic mass is 10.1. The summed E-state index contributed by atoms with van der Waals surface area (Å²) in [6, 6.07) is 6.27. The van der Waals surface area contributed by atoms with Gasteiger partial charge in [0.1, 0.15) is 5.75 Å². The van der Waals surface area contributed by atoms with E-state index in [2.05, 4.69) is 21.2 Å². The van der Waals surface area contributed by atoms with Crippen molar-refractivity contribution in [1.29, 1.82) is 0 Å². The standard InChI is InChI=1S/C12H16BrNO2/c1-16-12-5-2-8(13)6-10(12)11(15)7-14-9-3-4-9/h2,5-6,9,11,14-15H,3-4,7H2,1H3. The van der Waals surface area contributed by atoms with E-state index < -0.39 is 6.10 Å². The number of aliphatic hydroxyl groups is 1. The molecule has 0 amide bonds. The third kappa shape index (κ3) is 2.97. The highest BCUT2D eigenvalue weighted by Crippen LogP contribution is 2.29. The van der Waals surface area contributed by atoms with Crippen LogP contribution in [-0.4, -0.2) is 24.8 Å². The number of hydrogen-bond acceptors (Lipinski definition) is 3. The molecule has 0 aliphatic heterocycles. The first-order valence-electron chi connectivity index (χ1n) is 5.45. The molecule has 0 radical (unpaired) electrons. The molecule has 3 nitrogen and oxygen atoms in total. The highest BCUT2D eigenvalue weighted by molar-refractivity contribution is 9.10. The Morgan fingerprint density at radius 3 is 2.94 bits per heavy atom. The van der Waals surface area contributed by atoms with Crippen LogP contribution < -0.4 is 10.1 Å². The Kier molecular flexibility index (Phi) is 3.84. The Balaban J connectivity index is 2.06. The summed E-state index contributed by atoms with van der Waals surface area (Å²) >= 11 is 3.40. The third-order valence-corrected chi connectivity index (χ3v) is 3.22. The molecule has 1 fully saturated rings. The first-order chi connectivity index (χ1) is 7.70. The minimum Gasteiger partial charge on any atom is -0.496 e. The molecule has 2 N–H and O–H groups in total. The van der Waals surface area contributed by atoms with Gasteiger partial charge in [-0.2, -0.15) is 0 Å². The second kappa shape index (κ2) is 5.17. The maximum absolute atomic E-state index is 10.1. The van der Waals surface area contributed by atoms with Gasteiger partial charge >= 0.3 is 0 Å². The van der Waals surface area contributed by atoms with Crippen LogP contribution in [0.5, 0.6) is 5.75 Å². The number of halogens is 1. The lowest BCUT2D eigenvalue weighted by Crippen LogP contribution is -2.23. The fraction of sp³-hybridized carbons (Fsp3) is 0.500. The van der Waals surface area contributed by atoms with Gasteiger partial charge in [0.05, 0.1) is 13.2 Å². The molecule has 1 saturated carbocycles. The number of benzene rings is 1. The van der Waals surface area contributed by atoms with Crippen LogP contribution in [0.4, 0.5) is 0 Å². The van der Waals surface area contributed by atoms with Crippen molar-refractivity contribution in [2.45, 2.75) is 25.0 Å². The Morgan fingerprint density at radius 1 is 1.56 bits per heavy atom. The van der Waals surface area contributed by atoms with E-state index >= 15 is 0 Å². The minimum atomic E-state index is -0.520. The van der Waals surface area contributed by atoms with Gasteiger partial charge in [-0.1, -0.05) is 15.9 Å². The van der Waals surface area contributed by atoms with Crippen LogP contribution in [0.2, 0.25) is 0 Å². The topological polar surface area (TPSA) is 41.5 Å². The lowest BCUT2D eigenvalue weighted by Gasteiger charge is -2.15. The first kappa shape index (κ1) is 11.9. The fourth-order valence-corrected chi connectivity index (χ4v) is 2.02. The summed E-state index contributed by atoms with van der Waals surface area (Å²) in [5.74, 6) is 0.730. The molecule has 4 heteroatoms. The molecular formula is C12H16BrNO2. The number of methoxy groups -OCH3 is 1. The summed E-state index contributed by atoms with van der Waals surface area (Å²) in [4.78, 5) is 0. The number of rotatable bonds is 5. The predicted octanol–water partition coefficient (Wildman–Crippen LogP) is 2.24. The van der Waals surface area contributed by atoms with Crippen LogP contribution >= 0.6 is 15.9 Å². The number of aliphatic hydroxyl groups excluding tert-OH is 1. The van der Waals surface area contributed by atoms with Gasteiger partial charge in [0.25, 0.3) is 0 Å². The summed E-state index contributed by atoms with van der Waals surface area (Å²) in [6.45, 7) is 0.581. The number of ether oxygens (including phenoxy) is 1. The maximum atomic E-state index is 10.1. The van der Waals surface area contributed by atoms with Crippen LogP contribution in [0.3, 0.4) is 0 Å². The Labute approximate surface area is 104 Å². The molecule has 2 rings (SSSR count). The van der Waals surface area contributed by atoms with Crippen molar-refractivity contribution in [3.05, 3.63) is 28.2 Å². The van der Waals surface area contributed by atoms with E-state index in [0.29, 0.717) is 12.6 Å². The zero-order valence-corrected chi connectivity index (χ0v) is 10.8. The summed E-state index contributed by atoms with van der Waals surface area (Å²) < 4.78 is 6.19. The van der Waals surface area contributed by atoms with Crippen LogP contribution in [0.1, 0.15) is 24.5 Å². The van der Waals surface area contributed by atoms with Gasteiger partial charge in [-0.25, -0.2) is 0 Å². The SMILES string of the molecule is COc1ccc(Br)cc1C(O)CNC1CC1. The monoisotopic (exact) mass is 285 g/mol. The van der Waals surface area contributed by atoms with Gasteiger partial charge < -0.3 is 15.2 Å². The van der Waals surface area contributed by atoms with Gasteiger partial charge in [-0.15, -0.1) is 0 Å². The maximum Gasteiger partial charge on any atom is 0.124 e. The van der Waals surface area contributed by atoms with Crippen molar-refractivity contribution in [2.75, 3.05) is 13.7 Å². The van der Waals surface area contributed by atoms with Gasteiger partial charge in [0, 0.05) is 22.6 Å². The third-order valence-electron chi connectivity index (χ3n) is 2.73. The second-order valence-electron chi connectivity index (χ2n) is 4.08. The van der Waals surface area contributed by atoms with E-state index in [1.165, 1.54) is 12.8 Å². The van der Waals surface area contributed by atoms with Crippen molar-refractivity contribution < 1.29 is 9.84 Å². The van der Waals surface area contributed by atoms with Gasteiger partial charge in [-0.05, 0) is 31.0 Å². The van der Waals surface area contributed by atoms with Gasteiger partial charge in [0.15, 0.2) is 0 Å². The normalized spacial score (nSPS) is 17.2. The fourth-order valence-electron chi connectivity index (χ4n) is 1.64. The molecule has 1 aliphatic rings. The molecule has 0 saturated heterocycles. The van der Waals surface area contributed by atoms with Crippen LogP contribution in [-0.2, 0) is 0 Å². The molecule has 0 spiro atoms. The van der Waals surface area contributed by atoms with E-state index in [9.17, 15) is 5.11 Å². The average Bonchev–Trinajstić information content (AvgIpc) is 3.09. The van der Waals surface area contributed by atoms with Crippen molar-refractivity contribution in [3.63, 3.8) is 0 Å². The van der Waals surface area contributed by atoms with Crippen molar-refractivity contribution in [3.8, 4) is 5.75 Å². The Bertz CT molecular complexity index is 366. The average molecular weight is 286 g/mol. The zero-order valence-electron chi connectivity index (χ0n) is 9.24. The number of nitrogens with one attached hydrogen (secondary N) is 1. The van der Waals surface area contributed by atoms with Crippen molar-refractivity contribution in [2.24, 2.45) is 0 Å². The van der Waals surface area contributed by atoms with E-state index in [0.717, 1.165) is 15.8 Å². The Hall–Kier alpha value is -0.580. The predicted molar refractivity (Wildman–Crippen MR) is 66.7 cm³/mol. The molecule has 0 aromatic heterocycles. The van der Waals surface area contributed by atoms with E-state index in [-0.39, 0.29) is 0 Å². The van der Waals surface area contributed by atoms with Crippen LogP contribution in [0.15, 0.2) is 22.7 Å². The quantitative estimate of drug-likeness (QED) is 0.872. The zero-order chi connectivity index (χ0) is 11.5. The summed E-state index contributed by atoms with van der Waals surface area (Å²) in [6.07, 6.45) is 1.93. The molecule has 88 valence electrons. The molecule has 0 bridgehead atoms. The molecule has 0 heterocycles. The molecule has 1 aromatic rings. The highest BCUT2D eigenvalue weighted by Gasteiger charge is 2.22. The summed E-state index contributed by atoms with van der Waals surface area (Å²) in [7, 11) is 1.62. The molecule has 1 aromatic carbocycles.